The average molecular weight is 369 g/mol. The van der Waals surface area contributed by atoms with Crippen molar-refractivity contribution in [2.24, 2.45) is 0 Å². The number of nitrogens with zero attached hydrogens (tertiary/aromatic N) is 2. The van der Waals surface area contributed by atoms with Crippen molar-refractivity contribution in [3.8, 4) is 11.4 Å². The molecule has 0 saturated carbocycles. The van der Waals surface area contributed by atoms with Crippen molar-refractivity contribution in [2.75, 3.05) is 0 Å². The van der Waals surface area contributed by atoms with E-state index in [1.807, 2.05) is 18.2 Å². The molecule has 0 amide bonds. The van der Waals surface area contributed by atoms with Crippen LogP contribution in [0.25, 0.3) is 22.3 Å². The highest BCUT2D eigenvalue weighted by Crippen LogP contribution is 2.34. The van der Waals surface area contributed by atoms with Gasteiger partial charge < -0.3 is 0 Å². The molecule has 0 unspecified atom stereocenters. The van der Waals surface area contributed by atoms with Crippen molar-refractivity contribution in [1.29, 1.82) is 0 Å². The molecule has 25 heavy (non-hydrogen) atoms. The molecule has 0 aliphatic rings. The molecule has 4 nitrogen and oxygen atoms in total. The summed E-state index contributed by atoms with van der Waals surface area (Å²) in [4.78, 5) is 4.51. The predicted octanol–water partition coefficient (Wildman–Crippen LogP) is 4.59. The summed E-state index contributed by atoms with van der Waals surface area (Å²) in [5.74, 6) is 0. The lowest BCUT2D eigenvalue weighted by atomic mass is 10.2. The first kappa shape index (κ1) is 15.9. The van der Waals surface area contributed by atoms with Crippen LogP contribution in [-0.4, -0.2) is 17.4 Å². The predicted molar refractivity (Wildman–Crippen MR) is 99.2 cm³/mol. The van der Waals surface area contributed by atoms with Crippen molar-refractivity contribution in [3.05, 3.63) is 84.0 Å². The van der Waals surface area contributed by atoms with E-state index in [4.69, 9.17) is 11.6 Å². The van der Waals surface area contributed by atoms with Crippen molar-refractivity contribution in [2.45, 2.75) is 4.90 Å². The summed E-state index contributed by atoms with van der Waals surface area (Å²) in [7, 11) is -3.80. The molecule has 2 aromatic heterocycles. The molecule has 0 saturated heterocycles. The van der Waals surface area contributed by atoms with Crippen molar-refractivity contribution < 1.29 is 8.42 Å². The highest BCUT2D eigenvalue weighted by molar-refractivity contribution is 7.90. The molecule has 0 aliphatic heterocycles. The molecule has 2 aromatic carbocycles. The van der Waals surface area contributed by atoms with E-state index in [9.17, 15) is 8.42 Å². The zero-order chi connectivity index (χ0) is 17.4. The second-order valence-electron chi connectivity index (χ2n) is 5.50. The third-order valence-corrected chi connectivity index (χ3v) is 6.00. The SMILES string of the molecule is O=S(=O)(c1ccccc1)n1c(-c2ncccc2Cl)cc2ccccc21. The third kappa shape index (κ3) is 2.62. The number of hydrogen-bond donors (Lipinski definition) is 0. The van der Waals surface area contributed by atoms with Crippen LogP contribution in [0.2, 0.25) is 5.02 Å². The molecule has 4 aromatic rings. The van der Waals surface area contributed by atoms with E-state index in [2.05, 4.69) is 4.98 Å². The fourth-order valence-electron chi connectivity index (χ4n) is 2.83. The minimum atomic E-state index is -3.80. The van der Waals surface area contributed by atoms with Crippen LogP contribution in [0.5, 0.6) is 0 Å². The Morgan fingerprint density at radius 2 is 1.60 bits per heavy atom. The standard InChI is InChI=1S/C19H13ClN2O2S/c20-16-10-6-12-21-19(16)18-13-14-7-4-5-11-17(14)22(18)25(23,24)15-8-2-1-3-9-15/h1-13H. The lowest BCUT2D eigenvalue weighted by Gasteiger charge is -2.12. The molecule has 6 heteroatoms. The van der Waals surface area contributed by atoms with Gasteiger partial charge in [0, 0.05) is 11.6 Å². The lowest BCUT2D eigenvalue weighted by Crippen LogP contribution is -2.14. The number of halogens is 1. The molecule has 0 fully saturated rings. The van der Waals surface area contributed by atoms with Crippen LogP contribution >= 0.6 is 11.6 Å². The van der Waals surface area contributed by atoms with Crippen LogP contribution < -0.4 is 0 Å². The average Bonchev–Trinajstić information content (AvgIpc) is 3.03. The highest BCUT2D eigenvalue weighted by Gasteiger charge is 2.25. The van der Waals surface area contributed by atoms with Crippen LogP contribution in [0, 0.1) is 0 Å². The summed E-state index contributed by atoms with van der Waals surface area (Å²) in [5, 5.41) is 1.20. The molecule has 2 heterocycles. The molecule has 0 spiro atoms. The Morgan fingerprint density at radius 1 is 0.880 bits per heavy atom. The number of fused-ring (bicyclic) bond motifs is 1. The van der Waals surface area contributed by atoms with Gasteiger partial charge in [-0.05, 0) is 36.4 Å². The van der Waals surface area contributed by atoms with E-state index in [0.29, 0.717) is 21.9 Å². The van der Waals surface area contributed by atoms with Gasteiger partial charge in [-0.3, -0.25) is 4.98 Å². The van der Waals surface area contributed by atoms with E-state index in [1.165, 1.54) is 3.97 Å². The van der Waals surface area contributed by atoms with Crippen LogP contribution in [0.15, 0.2) is 83.9 Å². The second kappa shape index (κ2) is 6.02. The van der Waals surface area contributed by atoms with Crippen molar-refractivity contribution in [3.63, 3.8) is 0 Å². The Bertz CT molecular complexity index is 1170. The Labute approximate surface area is 150 Å². The molecule has 0 aliphatic carbocycles. The van der Waals surface area contributed by atoms with Gasteiger partial charge in [-0.25, -0.2) is 12.4 Å². The molecule has 0 radical (unpaired) electrons. The number of para-hydroxylation sites is 1. The highest BCUT2D eigenvalue weighted by atomic mass is 35.5. The number of pyridine rings is 1. The van der Waals surface area contributed by atoms with E-state index < -0.39 is 10.0 Å². The maximum atomic E-state index is 13.3. The Kier molecular flexibility index (Phi) is 3.82. The molecule has 0 bridgehead atoms. The first-order chi connectivity index (χ1) is 12.1. The molecule has 0 N–H and O–H groups in total. The van der Waals surface area contributed by atoms with Crippen LogP contribution in [0.4, 0.5) is 0 Å². The number of aromatic nitrogens is 2. The van der Waals surface area contributed by atoms with Gasteiger partial charge in [0.05, 0.1) is 21.1 Å². The topological polar surface area (TPSA) is 52.0 Å². The minimum Gasteiger partial charge on any atom is -0.253 e. The second-order valence-corrected chi connectivity index (χ2v) is 7.70. The summed E-state index contributed by atoms with van der Waals surface area (Å²) >= 11 is 6.28. The van der Waals surface area contributed by atoms with Gasteiger partial charge in [-0.1, -0.05) is 48.0 Å². The van der Waals surface area contributed by atoms with Gasteiger partial charge >= 0.3 is 0 Å². The van der Waals surface area contributed by atoms with E-state index in [-0.39, 0.29) is 4.90 Å². The van der Waals surface area contributed by atoms with Gasteiger partial charge in [0.2, 0.25) is 0 Å². The van der Waals surface area contributed by atoms with Crippen LogP contribution in [0.1, 0.15) is 0 Å². The zero-order valence-corrected chi connectivity index (χ0v) is 14.6. The fourth-order valence-corrected chi connectivity index (χ4v) is 4.58. The smallest absolute Gasteiger partial charge is 0.253 e. The van der Waals surface area contributed by atoms with Crippen LogP contribution in [0.3, 0.4) is 0 Å². The minimum absolute atomic E-state index is 0.213. The Hall–Kier alpha value is -2.63. The normalized spacial score (nSPS) is 11.7. The first-order valence-corrected chi connectivity index (χ1v) is 9.43. The lowest BCUT2D eigenvalue weighted by molar-refractivity contribution is 0.589. The molecule has 4 rings (SSSR count). The third-order valence-electron chi connectivity index (χ3n) is 3.95. The molecular weight excluding hydrogens is 356 g/mol. The van der Waals surface area contributed by atoms with Crippen molar-refractivity contribution >= 4 is 32.5 Å². The quantitative estimate of drug-likeness (QED) is 0.531. The summed E-state index contributed by atoms with van der Waals surface area (Å²) in [6, 6.07) is 20.9. The van der Waals surface area contributed by atoms with E-state index in [0.717, 1.165) is 5.39 Å². The van der Waals surface area contributed by atoms with Gasteiger partial charge in [0.1, 0.15) is 5.69 Å². The number of rotatable bonds is 3. The molecular formula is C19H13ClN2O2S. The summed E-state index contributed by atoms with van der Waals surface area (Å²) < 4.78 is 27.9. The molecule has 124 valence electrons. The number of hydrogen-bond acceptors (Lipinski definition) is 3. The Morgan fingerprint density at radius 3 is 2.36 bits per heavy atom. The fraction of sp³-hybridized carbons (Fsp3) is 0. The van der Waals surface area contributed by atoms with Gasteiger partial charge in [-0.2, -0.15) is 0 Å². The van der Waals surface area contributed by atoms with E-state index >= 15 is 0 Å². The Balaban J connectivity index is 2.10. The monoisotopic (exact) mass is 368 g/mol. The van der Waals surface area contributed by atoms with Crippen molar-refractivity contribution in [1.82, 2.24) is 8.96 Å². The maximum Gasteiger partial charge on any atom is 0.268 e. The largest absolute Gasteiger partial charge is 0.268 e. The van der Waals surface area contributed by atoms with Gasteiger partial charge in [-0.15, -0.1) is 0 Å². The zero-order valence-electron chi connectivity index (χ0n) is 13.0. The summed E-state index contributed by atoms with van der Waals surface area (Å²) in [6.45, 7) is 0. The summed E-state index contributed by atoms with van der Waals surface area (Å²) in [5.41, 5.74) is 1.46. The van der Waals surface area contributed by atoms with Gasteiger partial charge in [0.15, 0.2) is 0 Å². The first-order valence-electron chi connectivity index (χ1n) is 7.61. The number of benzene rings is 2. The van der Waals surface area contributed by atoms with Crippen LogP contribution in [-0.2, 0) is 10.0 Å². The summed E-state index contributed by atoms with van der Waals surface area (Å²) in [6.07, 6.45) is 1.60. The van der Waals surface area contributed by atoms with E-state index in [1.54, 1.807) is 60.8 Å². The van der Waals surface area contributed by atoms with Gasteiger partial charge in [0.25, 0.3) is 10.0 Å². The molecule has 0 atom stereocenters. The maximum absolute atomic E-state index is 13.3.